The Balaban J connectivity index is 1.43. The number of para-hydroxylation sites is 1. The smallest absolute Gasteiger partial charge is 0.329 e. The van der Waals surface area contributed by atoms with Crippen molar-refractivity contribution in [1.82, 2.24) is 14.5 Å². The van der Waals surface area contributed by atoms with E-state index in [0.29, 0.717) is 30.0 Å². The molecule has 0 unspecified atom stereocenters. The molecule has 4 rings (SSSR count). The molecule has 0 saturated carbocycles. The first-order valence-corrected chi connectivity index (χ1v) is 9.98. The van der Waals surface area contributed by atoms with Crippen LogP contribution in [0.3, 0.4) is 0 Å². The van der Waals surface area contributed by atoms with E-state index in [1.165, 1.54) is 32.4 Å². The summed E-state index contributed by atoms with van der Waals surface area (Å²) in [5.74, 6) is -0.148. The van der Waals surface area contributed by atoms with Gasteiger partial charge in [0.2, 0.25) is 5.91 Å². The van der Waals surface area contributed by atoms with Gasteiger partial charge in [0.25, 0.3) is 5.56 Å². The number of nitrogens with zero attached hydrogens (tertiary/aromatic N) is 2. The number of piperidine rings is 2. The van der Waals surface area contributed by atoms with Gasteiger partial charge in [0.05, 0.1) is 30.0 Å². The summed E-state index contributed by atoms with van der Waals surface area (Å²) in [6.07, 6.45) is 5.97. The summed E-state index contributed by atoms with van der Waals surface area (Å²) in [4.78, 5) is 43.7. The molecule has 1 aromatic carbocycles. The van der Waals surface area contributed by atoms with E-state index in [-0.39, 0.29) is 12.5 Å². The van der Waals surface area contributed by atoms with Gasteiger partial charge in [-0.3, -0.25) is 14.2 Å². The molecular formula is C20H27N4O3+. The number of H-pyrrole nitrogens is 1. The molecule has 2 N–H and O–H groups in total. The van der Waals surface area contributed by atoms with E-state index in [1.54, 1.807) is 34.1 Å². The Kier molecular flexibility index (Phi) is 5.11. The van der Waals surface area contributed by atoms with Crippen molar-refractivity contribution in [2.24, 2.45) is 0 Å². The molecule has 2 aromatic rings. The summed E-state index contributed by atoms with van der Waals surface area (Å²) in [7, 11) is 0. The van der Waals surface area contributed by atoms with Gasteiger partial charge in [0.15, 0.2) is 0 Å². The van der Waals surface area contributed by atoms with Crippen molar-refractivity contribution >= 4 is 16.8 Å². The number of hydrogen-bond acceptors (Lipinski definition) is 3. The van der Waals surface area contributed by atoms with E-state index in [1.807, 2.05) is 0 Å². The second kappa shape index (κ2) is 7.68. The van der Waals surface area contributed by atoms with Crippen molar-refractivity contribution in [3.8, 4) is 0 Å². The molecule has 0 spiro atoms. The van der Waals surface area contributed by atoms with E-state index >= 15 is 0 Å². The van der Waals surface area contributed by atoms with Crippen molar-refractivity contribution in [3.63, 3.8) is 0 Å². The molecule has 0 aliphatic carbocycles. The first-order valence-electron chi connectivity index (χ1n) is 9.98. The number of carbonyl (C=O) groups is 1. The number of quaternary nitrogens is 1. The Labute approximate surface area is 157 Å². The third kappa shape index (κ3) is 3.69. The molecule has 27 heavy (non-hydrogen) atoms. The van der Waals surface area contributed by atoms with Crippen molar-refractivity contribution < 1.29 is 9.69 Å². The number of amides is 1. The number of carbonyl (C=O) groups excluding carboxylic acids is 1. The number of hydrogen-bond donors (Lipinski definition) is 2. The lowest BCUT2D eigenvalue weighted by Gasteiger charge is -2.37. The third-order valence-electron chi connectivity index (χ3n) is 6.10. The van der Waals surface area contributed by atoms with Gasteiger partial charge in [-0.1, -0.05) is 12.1 Å². The van der Waals surface area contributed by atoms with Crippen LogP contribution in [0.5, 0.6) is 0 Å². The van der Waals surface area contributed by atoms with Crippen LogP contribution in [-0.2, 0) is 11.3 Å². The van der Waals surface area contributed by atoms with E-state index in [9.17, 15) is 14.4 Å². The molecule has 2 saturated heterocycles. The van der Waals surface area contributed by atoms with Crippen LogP contribution in [0.15, 0.2) is 33.9 Å². The summed E-state index contributed by atoms with van der Waals surface area (Å²) in [5, 5.41) is 0.428. The Hall–Kier alpha value is -2.41. The maximum atomic E-state index is 12.7. The molecule has 144 valence electrons. The van der Waals surface area contributed by atoms with Gasteiger partial charge < -0.3 is 14.8 Å². The van der Waals surface area contributed by atoms with Gasteiger partial charge in [0.1, 0.15) is 6.54 Å². The normalized spacial score (nSPS) is 19.5. The Morgan fingerprint density at radius 3 is 2.52 bits per heavy atom. The molecule has 0 bridgehead atoms. The number of aromatic amines is 1. The molecule has 0 atom stereocenters. The molecule has 7 heteroatoms. The van der Waals surface area contributed by atoms with E-state index < -0.39 is 11.2 Å². The minimum Gasteiger partial charge on any atom is -0.341 e. The van der Waals surface area contributed by atoms with Crippen LogP contribution >= 0.6 is 0 Å². The fourth-order valence-corrected chi connectivity index (χ4v) is 4.53. The second-order valence-corrected chi connectivity index (χ2v) is 7.74. The van der Waals surface area contributed by atoms with Gasteiger partial charge in [-0.25, -0.2) is 4.79 Å². The Morgan fingerprint density at radius 1 is 1.07 bits per heavy atom. The molecule has 2 aliphatic heterocycles. The van der Waals surface area contributed by atoms with Crippen LogP contribution < -0.4 is 16.1 Å². The summed E-state index contributed by atoms with van der Waals surface area (Å²) < 4.78 is 1.02. The molecule has 1 amide bonds. The molecule has 2 fully saturated rings. The van der Waals surface area contributed by atoms with Gasteiger partial charge in [-0.15, -0.1) is 0 Å². The lowest BCUT2D eigenvalue weighted by atomic mass is 10.00. The van der Waals surface area contributed by atoms with Crippen molar-refractivity contribution in [2.45, 2.75) is 44.7 Å². The van der Waals surface area contributed by atoms with Gasteiger partial charge >= 0.3 is 5.69 Å². The SMILES string of the molecule is O=C(Cn1c(=O)[nH]c2ccccc2c1=O)N1CCC([NH+]2CCCCC2)CC1. The van der Waals surface area contributed by atoms with Gasteiger partial charge in [0, 0.05) is 25.9 Å². The van der Waals surface area contributed by atoms with E-state index in [0.717, 1.165) is 17.4 Å². The third-order valence-corrected chi connectivity index (χ3v) is 6.10. The van der Waals surface area contributed by atoms with Crippen molar-refractivity contribution in [3.05, 3.63) is 45.1 Å². The monoisotopic (exact) mass is 371 g/mol. The highest BCUT2D eigenvalue weighted by Gasteiger charge is 2.30. The number of benzene rings is 1. The molecule has 0 radical (unpaired) electrons. The predicted octanol–water partition coefficient (Wildman–Crippen LogP) is -0.250. The van der Waals surface area contributed by atoms with Crippen molar-refractivity contribution in [2.75, 3.05) is 26.2 Å². The van der Waals surface area contributed by atoms with Crippen LogP contribution in [0.2, 0.25) is 0 Å². The maximum Gasteiger partial charge on any atom is 0.329 e. The van der Waals surface area contributed by atoms with Crippen LogP contribution in [0.4, 0.5) is 0 Å². The average Bonchev–Trinajstić information content (AvgIpc) is 2.72. The molecule has 7 nitrogen and oxygen atoms in total. The van der Waals surface area contributed by atoms with Gasteiger partial charge in [-0.2, -0.15) is 0 Å². The van der Waals surface area contributed by atoms with Gasteiger partial charge in [-0.05, 0) is 31.4 Å². The minimum atomic E-state index is -0.528. The molecule has 2 aliphatic rings. The highest BCUT2D eigenvalue weighted by molar-refractivity contribution is 5.79. The highest BCUT2D eigenvalue weighted by atomic mass is 16.2. The van der Waals surface area contributed by atoms with E-state index in [4.69, 9.17) is 0 Å². The molecular weight excluding hydrogens is 344 g/mol. The zero-order chi connectivity index (χ0) is 18.8. The first-order chi connectivity index (χ1) is 13.1. The zero-order valence-corrected chi connectivity index (χ0v) is 15.6. The minimum absolute atomic E-state index is 0.148. The molecule has 1 aromatic heterocycles. The predicted molar refractivity (Wildman–Crippen MR) is 103 cm³/mol. The second-order valence-electron chi connectivity index (χ2n) is 7.74. The Morgan fingerprint density at radius 2 is 1.78 bits per heavy atom. The van der Waals surface area contributed by atoms with E-state index in [2.05, 4.69) is 4.98 Å². The maximum absolute atomic E-state index is 12.7. The zero-order valence-electron chi connectivity index (χ0n) is 15.6. The van der Waals surface area contributed by atoms with Crippen LogP contribution in [-0.4, -0.2) is 52.6 Å². The fourth-order valence-electron chi connectivity index (χ4n) is 4.53. The van der Waals surface area contributed by atoms with Crippen LogP contribution in [0.25, 0.3) is 10.9 Å². The Bertz CT molecular complexity index is 934. The van der Waals surface area contributed by atoms with Crippen LogP contribution in [0.1, 0.15) is 32.1 Å². The fraction of sp³-hybridized carbons (Fsp3) is 0.550. The lowest BCUT2D eigenvalue weighted by Crippen LogP contribution is -3.16. The number of likely N-dealkylation sites (tertiary alicyclic amines) is 2. The summed E-state index contributed by atoms with van der Waals surface area (Å²) in [6.45, 7) is 3.74. The average molecular weight is 371 g/mol. The standard InChI is InChI=1S/C20H26N4O3/c25-18(23-12-8-15(9-13-23)22-10-4-1-5-11-22)14-24-19(26)16-6-2-3-7-17(16)21-20(24)27/h2-3,6-7,15H,1,4-5,8-14H2,(H,21,27)/p+1. The number of rotatable bonds is 3. The lowest BCUT2D eigenvalue weighted by molar-refractivity contribution is -0.931. The molecule has 3 heterocycles. The number of aromatic nitrogens is 2. The highest BCUT2D eigenvalue weighted by Crippen LogP contribution is 2.10. The number of nitrogens with one attached hydrogen (secondary N) is 2. The largest absolute Gasteiger partial charge is 0.341 e. The summed E-state index contributed by atoms with van der Waals surface area (Å²) in [5.41, 5.74) is -0.434. The topological polar surface area (TPSA) is 79.6 Å². The van der Waals surface area contributed by atoms with Crippen molar-refractivity contribution in [1.29, 1.82) is 0 Å². The quantitative estimate of drug-likeness (QED) is 0.781. The first kappa shape index (κ1) is 18.0. The summed E-state index contributed by atoms with van der Waals surface area (Å²) >= 11 is 0. The van der Waals surface area contributed by atoms with Crippen LogP contribution in [0, 0.1) is 0 Å². The number of fused-ring (bicyclic) bond motifs is 1. The summed E-state index contributed by atoms with van der Waals surface area (Å²) in [6, 6.07) is 7.52.